The Bertz CT molecular complexity index is 674. The first-order chi connectivity index (χ1) is 10.4. The van der Waals surface area contributed by atoms with Gasteiger partial charge in [-0.1, -0.05) is 6.07 Å². The quantitative estimate of drug-likeness (QED) is 0.380. The van der Waals surface area contributed by atoms with E-state index in [-0.39, 0.29) is 22.4 Å². The molecule has 1 N–H and O–H groups in total. The van der Waals surface area contributed by atoms with E-state index in [0.717, 1.165) is 16.7 Å². The van der Waals surface area contributed by atoms with Gasteiger partial charge in [-0.2, -0.15) is 0 Å². The fourth-order valence-corrected chi connectivity index (χ4v) is 3.33. The second-order valence-corrected chi connectivity index (χ2v) is 6.43. The van der Waals surface area contributed by atoms with Crippen LogP contribution in [0.3, 0.4) is 0 Å². The summed E-state index contributed by atoms with van der Waals surface area (Å²) in [6, 6.07) is 4.56. The molecule has 0 saturated carbocycles. The average Bonchev–Trinajstić information content (AvgIpc) is 2.73. The molecule has 116 valence electrons. The molecule has 0 spiro atoms. The molecule has 1 heterocycles. The number of hydrogen-bond donors (Lipinski definition) is 1. The lowest BCUT2D eigenvalue weighted by Crippen LogP contribution is -2.22. The van der Waals surface area contributed by atoms with E-state index >= 15 is 0 Å². The van der Waals surface area contributed by atoms with Crippen molar-refractivity contribution in [3.8, 4) is 0 Å². The van der Waals surface area contributed by atoms with Crippen LogP contribution in [0.5, 0.6) is 0 Å². The predicted molar refractivity (Wildman–Crippen MR) is 84.6 cm³/mol. The number of nitro groups is 1. The summed E-state index contributed by atoms with van der Waals surface area (Å²) in [6.07, 6.45) is 1.46. The van der Waals surface area contributed by atoms with Crippen LogP contribution >= 0.6 is 23.5 Å². The lowest BCUT2D eigenvalue weighted by molar-refractivity contribution is -0.387. The van der Waals surface area contributed by atoms with Crippen molar-refractivity contribution in [2.45, 2.75) is 4.90 Å². The van der Waals surface area contributed by atoms with Gasteiger partial charge in [-0.3, -0.25) is 24.6 Å². The van der Waals surface area contributed by atoms with Crippen molar-refractivity contribution in [3.05, 3.63) is 38.8 Å². The Balaban J connectivity index is 2.33. The lowest BCUT2D eigenvalue weighted by Gasteiger charge is -2.03. The molecule has 0 aliphatic carbocycles. The molecule has 2 rings (SSSR count). The third-order valence-electron chi connectivity index (χ3n) is 2.81. The van der Waals surface area contributed by atoms with Gasteiger partial charge in [-0.05, 0) is 29.5 Å². The molecule has 1 aromatic carbocycles. The molecule has 7 nitrogen and oxygen atoms in total. The van der Waals surface area contributed by atoms with E-state index in [9.17, 15) is 19.7 Å². The van der Waals surface area contributed by atoms with Gasteiger partial charge in [0.15, 0.2) is 0 Å². The monoisotopic (exact) mass is 340 g/mol. The van der Waals surface area contributed by atoms with E-state index in [0.29, 0.717) is 16.2 Å². The van der Waals surface area contributed by atoms with Gasteiger partial charge in [0.25, 0.3) is 16.8 Å². The van der Waals surface area contributed by atoms with Crippen molar-refractivity contribution >= 4 is 46.4 Å². The van der Waals surface area contributed by atoms with Gasteiger partial charge in [0.2, 0.25) is 0 Å². The minimum atomic E-state index is -0.511. The average molecular weight is 340 g/mol. The summed E-state index contributed by atoms with van der Waals surface area (Å²) in [5.74, 6) is -0.0640. The topological polar surface area (TPSA) is 101 Å². The predicted octanol–water partition coefficient (Wildman–Crippen LogP) is 2.35. The number of thioether (sulfide) groups is 2. The van der Waals surface area contributed by atoms with Gasteiger partial charge < -0.3 is 5.11 Å². The third-order valence-corrected chi connectivity index (χ3v) is 4.82. The molecule has 1 saturated heterocycles. The minimum Gasteiger partial charge on any atom is -0.396 e. The number of rotatable bonds is 5. The number of nitro benzene ring substituents is 1. The summed E-state index contributed by atoms with van der Waals surface area (Å²) >= 11 is 1.98. The van der Waals surface area contributed by atoms with Crippen LogP contribution in [-0.4, -0.2) is 45.5 Å². The second kappa shape index (κ2) is 6.95. The zero-order valence-corrected chi connectivity index (χ0v) is 13.1. The van der Waals surface area contributed by atoms with Crippen molar-refractivity contribution in [1.29, 1.82) is 0 Å². The lowest BCUT2D eigenvalue weighted by atomic mass is 10.2. The van der Waals surface area contributed by atoms with Gasteiger partial charge in [0, 0.05) is 18.9 Å². The summed E-state index contributed by atoms with van der Waals surface area (Å²) in [6.45, 7) is -0.0762. The maximum atomic E-state index is 11.8. The molecule has 9 heteroatoms. The van der Waals surface area contributed by atoms with Crippen molar-refractivity contribution in [2.24, 2.45) is 0 Å². The van der Waals surface area contributed by atoms with Crippen molar-refractivity contribution in [2.75, 3.05) is 19.4 Å². The van der Waals surface area contributed by atoms with E-state index in [1.54, 1.807) is 12.1 Å². The number of nitrogens with zero attached hydrogens (tertiary/aromatic N) is 2. The Morgan fingerprint density at radius 3 is 2.73 bits per heavy atom. The number of aliphatic hydroxyl groups is 1. The minimum absolute atomic E-state index is 0.0762. The van der Waals surface area contributed by atoms with E-state index in [1.165, 1.54) is 31.0 Å². The summed E-state index contributed by atoms with van der Waals surface area (Å²) in [5.41, 5.74) is 0.377. The number of aliphatic hydroxyl groups excluding tert-OH is 1. The van der Waals surface area contributed by atoms with Crippen molar-refractivity contribution in [3.63, 3.8) is 0 Å². The van der Waals surface area contributed by atoms with E-state index in [4.69, 9.17) is 5.11 Å². The SMILES string of the molecule is CN1C(=O)S/C(=C\c2ccc(SCCO)c([N+](=O)[O-])c2)C1=O. The zero-order valence-electron chi connectivity index (χ0n) is 11.5. The number of carbonyl (C=O) groups is 2. The Hall–Kier alpha value is -1.84. The van der Waals surface area contributed by atoms with Crippen LogP contribution in [0.25, 0.3) is 6.08 Å². The first kappa shape index (κ1) is 16.5. The molecule has 22 heavy (non-hydrogen) atoms. The van der Waals surface area contributed by atoms with Crippen molar-refractivity contribution in [1.82, 2.24) is 4.90 Å². The van der Waals surface area contributed by atoms with Crippen LogP contribution in [-0.2, 0) is 4.79 Å². The summed E-state index contributed by atoms with van der Waals surface area (Å²) in [4.78, 5) is 35.5. The van der Waals surface area contributed by atoms with Crippen LogP contribution in [0.4, 0.5) is 10.5 Å². The highest BCUT2D eigenvalue weighted by molar-refractivity contribution is 8.18. The van der Waals surface area contributed by atoms with E-state index in [1.807, 2.05) is 0 Å². The Labute approximate surface area is 134 Å². The molecular weight excluding hydrogens is 328 g/mol. The largest absolute Gasteiger partial charge is 0.396 e. The highest BCUT2D eigenvalue weighted by atomic mass is 32.2. The second-order valence-electron chi connectivity index (χ2n) is 4.30. The molecule has 0 aromatic heterocycles. The number of amides is 2. The molecule has 1 fully saturated rings. The normalized spacial score (nSPS) is 16.6. The zero-order chi connectivity index (χ0) is 16.3. The summed E-state index contributed by atoms with van der Waals surface area (Å²) in [5, 5.41) is 19.5. The van der Waals surface area contributed by atoms with Gasteiger partial charge in [-0.15, -0.1) is 11.8 Å². The van der Waals surface area contributed by atoms with E-state index < -0.39 is 10.8 Å². The maximum absolute atomic E-state index is 11.8. The Morgan fingerprint density at radius 1 is 1.45 bits per heavy atom. The molecule has 0 bridgehead atoms. The number of likely N-dealkylation sites (N-methyl/N-ethyl adjacent to an activating group) is 1. The number of imide groups is 1. The molecule has 1 aliphatic rings. The summed E-state index contributed by atoms with van der Waals surface area (Å²) in [7, 11) is 1.38. The van der Waals surface area contributed by atoms with Crippen LogP contribution in [0.15, 0.2) is 28.0 Å². The van der Waals surface area contributed by atoms with Gasteiger partial charge in [0.05, 0.1) is 21.3 Å². The van der Waals surface area contributed by atoms with Crippen LogP contribution in [0.1, 0.15) is 5.56 Å². The molecule has 0 unspecified atom stereocenters. The standard InChI is InChI=1S/C13H12N2O5S2/c1-14-12(17)11(22-13(14)18)7-8-2-3-10(21-5-4-16)9(6-8)15(19)20/h2-3,6-7,16H,4-5H2,1H3/b11-7-. The van der Waals surface area contributed by atoms with Gasteiger partial charge in [0.1, 0.15) is 0 Å². The molecule has 1 aliphatic heterocycles. The van der Waals surface area contributed by atoms with Crippen LogP contribution in [0, 0.1) is 10.1 Å². The highest BCUT2D eigenvalue weighted by Gasteiger charge is 2.31. The van der Waals surface area contributed by atoms with E-state index in [2.05, 4.69) is 0 Å². The first-order valence-electron chi connectivity index (χ1n) is 6.17. The Morgan fingerprint density at radius 2 is 2.18 bits per heavy atom. The molecule has 0 atom stereocenters. The number of benzene rings is 1. The van der Waals surface area contributed by atoms with Crippen molar-refractivity contribution < 1.29 is 19.6 Å². The maximum Gasteiger partial charge on any atom is 0.293 e. The molecule has 2 amide bonds. The fraction of sp³-hybridized carbons (Fsp3) is 0.231. The molecule has 1 aromatic rings. The third kappa shape index (κ3) is 3.49. The smallest absolute Gasteiger partial charge is 0.293 e. The van der Waals surface area contributed by atoms with Crippen LogP contribution < -0.4 is 0 Å². The number of carbonyl (C=O) groups excluding carboxylic acids is 2. The summed E-state index contributed by atoms with van der Waals surface area (Å²) < 4.78 is 0. The van der Waals surface area contributed by atoms with Gasteiger partial charge >= 0.3 is 0 Å². The van der Waals surface area contributed by atoms with Crippen LogP contribution in [0.2, 0.25) is 0 Å². The van der Waals surface area contributed by atoms with Gasteiger partial charge in [-0.25, -0.2) is 0 Å². The first-order valence-corrected chi connectivity index (χ1v) is 7.98. The molecular formula is C13H12N2O5S2. The number of hydrogen-bond acceptors (Lipinski definition) is 7. The Kier molecular flexibility index (Phi) is 5.22. The highest BCUT2D eigenvalue weighted by Crippen LogP contribution is 2.34. The molecule has 0 radical (unpaired) electrons. The fourth-order valence-electron chi connectivity index (χ4n) is 1.74.